The van der Waals surface area contributed by atoms with Crippen molar-refractivity contribution in [2.45, 2.75) is 26.3 Å². The Balaban J connectivity index is 1.34. The van der Waals surface area contributed by atoms with E-state index in [1.54, 1.807) is 13.1 Å². The number of likely N-dealkylation sites (N-methyl/N-ethyl adjacent to an activating group) is 1. The van der Waals surface area contributed by atoms with Crippen LogP contribution < -0.4 is 15.5 Å². The van der Waals surface area contributed by atoms with E-state index in [2.05, 4.69) is 32.3 Å². The number of guanidine groups is 1. The Bertz CT molecular complexity index is 689. The first kappa shape index (κ1) is 23.8. The van der Waals surface area contributed by atoms with Crippen molar-refractivity contribution in [1.82, 2.24) is 15.5 Å². The maximum absolute atomic E-state index is 14.7. The fourth-order valence-electron chi connectivity index (χ4n) is 3.97. The second kappa shape index (κ2) is 12.8. The molecule has 2 saturated heterocycles. The van der Waals surface area contributed by atoms with Crippen molar-refractivity contribution in [3.05, 3.63) is 29.6 Å². The summed E-state index contributed by atoms with van der Waals surface area (Å²) >= 11 is 0. The maximum Gasteiger partial charge on any atom is 0.191 e. The minimum absolute atomic E-state index is 0.156. The molecule has 2 N–H and O–H groups in total. The minimum atomic E-state index is -0.156. The Labute approximate surface area is 186 Å². The van der Waals surface area contributed by atoms with E-state index in [-0.39, 0.29) is 5.82 Å². The van der Waals surface area contributed by atoms with Gasteiger partial charge < -0.3 is 29.9 Å². The number of benzene rings is 1. The van der Waals surface area contributed by atoms with E-state index in [0.29, 0.717) is 24.1 Å². The largest absolute Gasteiger partial charge is 0.381 e. The Hall–Kier alpha value is -1.90. The van der Waals surface area contributed by atoms with Crippen LogP contribution in [0, 0.1) is 11.7 Å². The van der Waals surface area contributed by atoms with E-state index in [4.69, 9.17) is 9.47 Å². The fourth-order valence-corrected chi connectivity index (χ4v) is 3.97. The van der Waals surface area contributed by atoms with Gasteiger partial charge in [0.1, 0.15) is 5.82 Å². The molecule has 3 rings (SSSR count). The molecule has 0 aliphatic carbocycles. The topological polar surface area (TPSA) is 61.4 Å². The lowest BCUT2D eigenvalue weighted by Crippen LogP contribution is -2.46. The van der Waals surface area contributed by atoms with Gasteiger partial charge in [-0.3, -0.25) is 4.99 Å². The third-order valence-electron chi connectivity index (χ3n) is 5.99. The van der Waals surface area contributed by atoms with Crippen LogP contribution in [0.3, 0.4) is 0 Å². The van der Waals surface area contributed by atoms with Crippen molar-refractivity contribution < 1.29 is 13.9 Å². The van der Waals surface area contributed by atoms with E-state index in [1.807, 2.05) is 12.1 Å². The highest BCUT2D eigenvalue weighted by molar-refractivity contribution is 5.79. The number of anilines is 1. The smallest absolute Gasteiger partial charge is 0.191 e. The van der Waals surface area contributed by atoms with Gasteiger partial charge in [-0.25, -0.2) is 4.39 Å². The van der Waals surface area contributed by atoms with E-state index < -0.39 is 0 Å². The van der Waals surface area contributed by atoms with Gasteiger partial charge in [-0.15, -0.1) is 0 Å². The summed E-state index contributed by atoms with van der Waals surface area (Å²) in [6, 6.07) is 5.52. The van der Waals surface area contributed by atoms with Crippen LogP contribution in [-0.2, 0) is 16.0 Å². The third-order valence-corrected chi connectivity index (χ3v) is 5.99. The first-order valence-corrected chi connectivity index (χ1v) is 11.5. The molecule has 2 fully saturated rings. The summed E-state index contributed by atoms with van der Waals surface area (Å²) in [5, 5.41) is 6.54. The van der Waals surface area contributed by atoms with Crippen LogP contribution in [-0.4, -0.2) is 83.6 Å². The van der Waals surface area contributed by atoms with Gasteiger partial charge >= 0.3 is 0 Å². The van der Waals surface area contributed by atoms with Crippen molar-refractivity contribution in [3.8, 4) is 0 Å². The zero-order valence-electron chi connectivity index (χ0n) is 19.0. The van der Waals surface area contributed by atoms with Crippen molar-refractivity contribution in [2.75, 3.05) is 77.6 Å². The average molecular weight is 436 g/mol. The molecule has 31 heavy (non-hydrogen) atoms. The van der Waals surface area contributed by atoms with Crippen LogP contribution in [0.5, 0.6) is 0 Å². The van der Waals surface area contributed by atoms with Gasteiger partial charge in [0.2, 0.25) is 0 Å². The highest BCUT2D eigenvalue weighted by Crippen LogP contribution is 2.22. The molecule has 2 heterocycles. The molecular formula is C23H38FN5O2. The molecule has 0 spiro atoms. The molecule has 0 aromatic heterocycles. The first-order valence-electron chi connectivity index (χ1n) is 11.5. The first-order chi connectivity index (χ1) is 15.2. The van der Waals surface area contributed by atoms with Gasteiger partial charge in [0.25, 0.3) is 0 Å². The Morgan fingerprint density at radius 2 is 2.10 bits per heavy atom. The van der Waals surface area contributed by atoms with Crippen LogP contribution in [0.25, 0.3) is 0 Å². The second-order valence-corrected chi connectivity index (χ2v) is 8.22. The monoisotopic (exact) mass is 435 g/mol. The molecule has 2 aliphatic rings. The molecular weight excluding hydrogens is 397 g/mol. The van der Waals surface area contributed by atoms with E-state index >= 15 is 0 Å². The van der Waals surface area contributed by atoms with Gasteiger partial charge in [0.15, 0.2) is 5.96 Å². The molecule has 7 nitrogen and oxygen atoms in total. The lowest BCUT2D eigenvalue weighted by atomic mass is 10.1. The molecule has 0 saturated carbocycles. The molecule has 1 aromatic carbocycles. The summed E-state index contributed by atoms with van der Waals surface area (Å²) in [6.45, 7) is 11.4. The summed E-state index contributed by atoms with van der Waals surface area (Å²) < 4.78 is 25.8. The predicted molar refractivity (Wildman–Crippen MR) is 123 cm³/mol. The number of aliphatic imine (C=N–C) groups is 1. The number of hydrogen-bond donors (Lipinski definition) is 2. The van der Waals surface area contributed by atoms with Crippen molar-refractivity contribution in [2.24, 2.45) is 10.9 Å². The lowest BCUT2D eigenvalue weighted by Gasteiger charge is -2.35. The summed E-state index contributed by atoms with van der Waals surface area (Å²) in [6.07, 6.45) is 2.01. The molecule has 0 radical (unpaired) electrons. The quantitative estimate of drug-likeness (QED) is 0.333. The van der Waals surface area contributed by atoms with Crippen molar-refractivity contribution in [1.29, 1.82) is 0 Å². The Morgan fingerprint density at radius 1 is 1.26 bits per heavy atom. The van der Waals surface area contributed by atoms with E-state index in [9.17, 15) is 4.39 Å². The fraction of sp³-hybridized carbons (Fsp3) is 0.696. The van der Waals surface area contributed by atoms with Gasteiger partial charge in [-0.2, -0.15) is 0 Å². The highest BCUT2D eigenvalue weighted by atomic mass is 19.1. The van der Waals surface area contributed by atoms with Crippen LogP contribution in [0.2, 0.25) is 0 Å². The normalized spacial score (nSPS) is 20.3. The molecule has 8 heteroatoms. The van der Waals surface area contributed by atoms with Gasteiger partial charge in [0.05, 0.1) is 18.9 Å². The molecule has 1 aromatic rings. The number of rotatable bonds is 10. The lowest BCUT2D eigenvalue weighted by molar-refractivity contribution is 0.0888. The standard InChI is InChI=1S/C23H38FN5O2/c1-3-28-9-11-29(12-10-28)22-6-5-19(15-21(22)24)16-27-23(25-2)26-8-4-13-30-17-20-7-14-31-18-20/h5-6,15,20H,3-4,7-14,16-18H2,1-2H3,(H2,25,26,27). The number of halogens is 1. The van der Waals surface area contributed by atoms with Gasteiger partial charge in [0, 0.05) is 65.4 Å². The molecule has 1 unspecified atom stereocenters. The molecule has 1 atom stereocenters. The molecule has 174 valence electrons. The minimum Gasteiger partial charge on any atom is -0.381 e. The summed E-state index contributed by atoms with van der Waals surface area (Å²) in [5.74, 6) is 1.11. The maximum atomic E-state index is 14.7. The number of nitrogens with one attached hydrogen (secondary N) is 2. The van der Waals surface area contributed by atoms with E-state index in [0.717, 1.165) is 84.1 Å². The van der Waals surface area contributed by atoms with Gasteiger partial charge in [-0.05, 0) is 37.1 Å². The summed E-state index contributed by atoms with van der Waals surface area (Å²) in [5.41, 5.74) is 1.60. The summed E-state index contributed by atoms with van der Waals surface area (Å²) in [4.78, 5) is 8.77. The van der Waals surface area contributed by atoms with Crippen molar-refractivity contribution >= 4 is 11.6 Å². The van der Waals surface area contributed by atoms with Crippen LogP contribution >= 0.6 is 0 Å². The highest BCUT2D eigenvalue weighted by Gasteiger charge is 2.18. The third kappa shape index (κ3) is 7.63. The Morgan fingerprint density at radius 3 is 2.77 bits per heavy atom. The SMILES string of the molecule is CCN1CCN(c2ccc(CNC(=NC)NCCCOCC3CCOC3)cc2F)CC1. The average Bonchev–Trinajstić information content (AvgIpc) is 3.32. The van der Waals surface area contributed by atoms with Crippen LogP contribution in [0.1, 0.15) is 25.3 Å². The van der Waals surface area contributed by atoms with Crippen molar-refractivity contribution in [3.63, 3.8) is 0 Å². The molecule has 2 aliphatic heterocycles. The Kier molecular flexibility index (Phi) is 9.84. The van der Waals surface area contributed by atoms with Crippen LogP contribution in [0.15, 0.2) is 23.2 Å². The van der Waals surface area contributed by atoms with Gasteiger partial charge in [-0.1, -0.05) is 13.0 Å². The van der Waals surface area contributed by atoms with E-state index in [1.165, 1.54) is 0 Å². The number of nitrogens with zero attached hydrogens (tertiary/aromatic N) is 3. The zero-order chi connectivity index (χ0) is 21.9. The van der Waals surface area contributed by atoms with Crippen LogP contribution in [0.4, 0.5) is 10.1 Å². The predicted octanol–water partition coefficient (Wildman–Crippen LogP) is 2.08. The second-order valence-electron chi connectivity index (χ2n) is 8.22. The summed E-state index contributed by atoms with van der Waals surface area (Å²) in [7, 11) is 1.74. The number of piperazine rings is 1. The molecule has 0 bridgehead atoms. The molecule has 0 amide bonds. The number of hydrogen-bond acceptors (Lipinski definition) is 5. The number of ether oxygens (including phenoxy) is 2. The zero-order valence-corrected chi connectivity index (χ0v) is 19.0.